The van der Waals surface area contributed by atoms with Crippen LogP contribution in [0.1, 0.15) is 25.5 Å². The first kappa shape index (κ1) is 15.8. The highest BCUT2D eigenvalue weighted by Gasteiger charge is 2.07. The molecule has 3 aromatic rings. The van der Waals surface area contributed by atoms with Gasteiger partial charge in [-0.25, -0.2) is 0 Å². The summed E-state index contributed by atoms with van der Waals surface area (Å²) in [5, 5.41) is 4.41. The number of halogens is 1. The molecule has 0 fully saturated rings. The minimum Gasteiger partial charge on any atom is -0.489 e. The Kier molecular flexibility index (Phi) is 4.82. The van der Waals surface area contributed by atoms with Crippen LogP contribution in [-0.2, 0) is 6.61 Å². The van der Waals surface area contributed by atoms with Gasteiger partial charge in [-0.15, -0.1) is 0 Å². The van der Waals surface area contributed by atoms with Crippen LogP contribution < -0.4 is 4.74 Å². The van der Waals surface area contributed by atoms with Gasteiger partial charge in [0.15, 0.2) is 0 Å². The summed E-state index contributed by atoms with van der Waals surface area (Å²) in [4.78, 5) is 0. The standard InChI is InChI=1S/C19H19BrN2O/c1-14(2)22-12-17(11-21-22)16-8-18(20)10-19(9-16)23-13-15-6-4-3-5-7-15/h3-12,14H,13H2,1-2H3. The summed E-state index contributed by atoms with van der Waals surface area (Å²) in [5.41, 5.74) is 3.33. The van der Waals surface area contributed by atoms with Crippen LogP contribution in [0.25, 0.3) is 11.1 Å². The van der Waals surface area contributed by atoms with Gasteiger partial charge >= 0.3 is 0 Å². The lowest BCUT2D eigenvalue weighted by Gasteiger charge is -2.09. The molecule has 0 aliphatic heterocycles. The number of rotatable bonds is 5. The number of aromatic nitrogens is 2. The molecular weight excluding hydrogens is 352 g/mol. The lowest BCUT2D eigenvalue weighted by molar-refractivity contribution is 0.306. The van der Waals surface area contributed by atoms with Crippen LogP contribution in [0.15, 0.2) is 65.4 Å². The number of hydrogen-bond acceptors (Lipinski definition) is 2. The molecule has 118 valence electrons. The van der Waals surface area contributed by atoms with Crippen LogP contribution in [0.4, 0.5) is 0 Å². The van der Waals surface area contributed by atoms with Crippen LogP contribution in [0, 0.1) is 0 Å². The SMILES string of the molecule is CC(C)n1cc(-c2cc(Br)cc(OCc3ccccc3)c2)cn1. The molecule has 0 aliphatic carbocycles. The predicted molar refractivity (Wildman–Crippen MR) is 96.5 cm³/mol. The van der Waals surface area contributed by atoms with Crippen LogP contribution in [0.2, 0.25) is 0 Å². The lowest BCUT2D eigenvalue weighted by atomic mass is 10.1. The minimum absolute atomic E-state index is 0.352. The Labute approximate surface area is 145 Å². The average Bonchev–Trinajstić information content (AvgIpc) is 3.04. The van der Waals surface area contributed by atoms with Gasteiger partial charge in [0, 0.05) is 22.3 Å². The Morgan fingerprint density at radius 2 is 1.87 bits per heavy atom. The lowest BCUT2D eigenvalue weighted by Crippen LogP contribution is -1.99. The third-order valence-corrected chi connectivity index (χ3v) is 4.04. The fourth-order valence-electron chi connectivity index (χ4n) is 2.32. The Bertz CT molecular complexity index is 781. The molecule has 23 heavy (non-hydrogen) atoms. The molecule has 0 spiro atoms. The summed E-state index contributed by atoms with van der Waals surface area (Å²) in [6.45, 7) is 4.79. The normalized spacial score (nSPS) is 11.0. The van der Waals surface area contributed by atoms with E-state index in [2.05, 4.69) is 65.3 Å². The van der Waals surface area contributed by atoms with Gasteiger partial charge in [0.05, 0.1) is 6.20 Å². The molecule has 0 aliphatic rings. The molecule has 0 atom stereocenters. The van der Waals surface area contributed by atoms with E-state index in [0.29, 0.717) is 12.6 Å². The first-order valence-corrected chi connectivity index (χ1v) is 8.43. The molecule has 0 saturated carbocycles. The van der Waals surface area contributed by atoms with E-state index in [1.807, 2.05) is 35.1 Å². The van der Waals surface area contributed by atoms with Crippen LogP contribution in [0.5, 0.6) is 5.75 Å². The van der Waals surface area contributed by atoms with Crippen molar-refractivity contribution < 1.29 is 4.74 Å². The van der Waals surface area contributed by atoms with Crippen LogP contribution in [-0.4, -0.2) is 9.78 Å². The Balaban J connectivity index is 1.81. The molecule has 2 aromatic carbocycles. The predicted octanol–water partition coefficient (Wildman–Crippen LogP) is 5.47. The fourth-order valence-corrected chi connectivity index (χ4v) is 2.80. The molecular formula is C19H19BrN2O. The zero-order valence-corrected chi connectivity index (χ0v) is 14.8. The van der Waals surface area contributed by atoms with Crippen molar-refractivity contribution in [2.45, 2.75) is 26.5 Å². The van der Waals surface area contributed by atoms with E-state index in [-0.39, 0.29) is 0 Å². The third kappa shape index (κ3) is 4.02. The molecule has 0 unspecified atom stereocenters. The second-order valence-corrected chi connectivity index (χ2v) is 6.67. The van der Waals surface area contributed by atoms with E-state index in [1.165, 1.54) is 0 Å². The molecule has 0 N–H and O–H groups in total. The largest absolute Gasteiger partial charge is 0.489 e. The van der Waals surface area contributed by atoms with Gasteiger partial charge in [-0.1, -0.05) is 46.3 Å². The Hall–Kier alpha value is -2.07. The van der Waals surface area contributed by atoms with E-state index in [0.717, 1.165) is 26.9 Å². The van der Waals surface area contributed by atoms with Crippen molar-refractivity contribution in [1.82, 2.24) is 9.78 Å². The molecule has 0 saturated heterocycles. The average molecular weight is 371 g/mol. The van der Waals surface area contributed by atoms with Crippen LogP contribution in [0.3, 0.4) is 0 Å². The second-order valence-electron chi connectivity index (χ2n) is 5.75. The van der Waals surface area contributed by atoms with Gasteiger partial charge in [0.1, 0.15) is 12.4 Å². The van der Waals surface area contributed by atoms with Gasteiger partial charge in [0.2, 0.25) is 0 Å². The van der Waals surface area contributed by atoms with E-state index in [9.17, 15) is 0 Å². The monoisotopic (exact) mass is 370 g/mol. The smallest absolute Gasteiger partial charge is 0.121 e. The summed E-state index contributed by atoms with van der Waals surface area (Å²) in [6.07, 6.45) is 3.95. The summed E-state index contributed by atoms with van der Waals surface area (Å²) in [6, 6.07) is 16.6. The first-order chi connectivity index (χ1) is 11.1. The van der Waals surface area contributed by atoms with Gasteiger partial charge in [-0.05, 0) is 43.2 Å². The third-order valence-electron chi connectivity index (χ3n) is 3.58. The molecule has 1 aromatic heterocycles. The quantitative estimate of drug-likeness (QED) is 0.595. The van der Waals surface area contributed by atoms with E-state index in [1.54, 1.807) is 0 Å². The Morgan fingerprint density at radius 1 is 1.09 bits per heavy atom. The topological polar surface area (TPSA) is 27.1 Å². The van der Waals surface area contributed by atoms with Gasteiger partial charge in [-0.2, -0.15) is 5.10 Å². The van der Waals surface area contributed by atoms with Crippen molar-refractivity contribution in [1.29, 1.82) is 0 Å². The highest BCUT2D eigenvalue weighted by atomic mass is 79.9. The molecule has 0 amide bonds. The number of nitrogens with zero attached hydrogens (tertiary/aromatic N) is 2. The molecule has 4 heteroatoms. The highest BCUT2D eigenvalue weighted by molar-refractivity contribution is 9.10. The van der Waals surface area contributed by atoms with Crippen LogP contribution >= 0.6 is 15.9 Å². The first-order valence-electron chi connectivity index (χ1n) is 7.63. The van der Waals surface area contributed by atoms with E-state index >= 15 is 0 Å². The summed E-state index contributed by atoms with van der Waals surface area (Å²) < 4.78 is 8.89. The zero-order chi connectivity index (χ0) is 16.2. The van der Waals surface area contributed by atoms with Crippen molar-refractivity contribution in [3.63, 3.8) is 0 Å². The highest BCUT2D eigenvalue weighted by Crippen LogP contribution is 2.29. The van der Waals surface area contributed by atoms with Crippen molar-refractivity contribution >= 4 is 15.9 Å². The van der Waals surface area contributed by atoms with E-state index in [4.69, 9.17) is 4.74 Å². The summed E-state index contributed by atoms with van der Waals surface area (Å²) in [5.74, 6) is 0.843. The summed E-state index contributed by atoms with van der Waals surface area (Å²) in [7, 11) is 0. The maximum absolute atomic E-state index is 5.93. The van der Waals surface area contributed by atoms with Crippen molar-refractivity contribution in [2.75, 3.05) is 0 Å². The van der Waals surface area contributed by atoms with Gasteiger partial charge in [-0.3, -0.25) is 4.68 Å². The van der Waals surface area contributed by atoms with E-state index < -0.39 is 0 Å². The van der Waals surface area contributed by atoms with Gasteiger partial charge in [0.25, 0.3) is 0 Å². The molecule has 3 nitrogen and oxygen atoms in total. The fraction of sp³-hybridized carbons (Fsp3) is 0.211. The summed E-state index contributed by atoms with van der Waals surface area (Å²) >= 11 is 3.57. The maximum atomic E-state index is 5.93. The molecule has 0 bridgehead atoms. The molecule has 3 rings (SSSR count). The molecule has 0 radical (unpaired) electrons. The number of hydrogen-bond donors (Lipinski definition) is 0. The zero-order valence-electron chi connectivity index (χ0n) is 13.2. The van der Waals surface area contributed by atoms with Crippen molar-refractivity contribution in [2.24, 2.45) is 0 Å². The number of ether oxygens (including phenoxy) is 1. The molecule has 1 heterocycles. The minimum atomic E-state index is 0.352. The number of benzene rings is 2. The van der Waals surface area contributed by atoms with Crippen molar-refractivity contribution in [3.8, 4) is 16.9 Å². The maximum Gasteiger partial charge on any atom is 0.121 e. The Morgan fingerprint density at radius 3 is 2.57 bits per heavy atom. The second kappa shape index (κ2) is 7.01. The van der Waals surface area contributed by atoms with Crippen molar-refractivity contribution in [3.05, 3.63) is 71.0 Å². The van der Waals surface area contributed by atoms with Gasteiger partial charge < -0.3 is 4.74 Å².